The first kappa shape index (κ1) is 16.3. The number of furan rings is 1. The van der Waals surface area contributed by atoms with Crippen molar-refractivity contribution in [2.45, 2.75) is 32.1 Å². The minimum Gasteiger partial charge on any atom is -0.472 e. The van der Waals surface area contributed by atoms with E-state index in [1.54, 1.807) is 22.3 Å². The Bertz CT molecular complexity index is 745. The van der Waals surface area contributed by atoms with Crippen LogP contribution in [-0.2, 0) is 12.8 Å². The van der Waals surface area contributed by atoms with Crippen LogP contribution in [0.15, 0.2) is 23.0 Å². The molecule has 6 nitrogen and oxygen atoms in total. The summed E-state index contributed by atoms with van der Waals surface area (Å²) in [6, 6.07) is 1.68. The molecule has 2 aromatic heterocycles. The van der Waals surface area contributed by atoms with Gasteiger partial charge in [0.25, 0.3) is 11.8 Å². The third-order valence-corrected chi connectivity index (χ3v) is 6.01. The van der Waals surface area contributed by atoms with Crippen LogP contribution in [0, 0.1) is 0 Å². The predicted molar refractivity (Wildman–Crippen MR) is 93.9 cm³/mol. The van der Waals surface area contributed by atoms with Gasteiger partial charge in [0, 0.05) is 31.1 Å². The van der Waals surface area contributed by atoms with Crippen molar-refractivity contribution in [1.29, 1.82) is 0 Å². The molecule has 25 heavy (non-hydrogen) atoms. The van der Waals surface area contributed by atoms with Gasteiger partial charge >= 0.3 is 0 Å². The molecular formula is C18H21N3O3S. The van der Waals surface area contributed by atoms with Crippen LogP contribution in [0.3, 0.4) is 0 Å². The average Bonchev–Trinajstić information content (AvgIpc) is 3.25. The third kappa shape index (κ3) is 3.33. The molecule has 1 fully saturated rings. The van der Waals surface area contributed by atoms with Crippen LogP contribution in [0.4, 0.5) is 0 Å². The number of amides is 2. The molecule has 0 radical (unpaired) electrons. The molecule has 132 valence electrons. The standard InChI is InChI=1S/C18H21N3O3S/c22-17(13-6-11-24-12-13)20-7-3-8-21(10-9-20)18(23)16-19-14-4-1-2-5-15(14)25-16/h6,11-12H,1-5,7-10H2. The molecule has 0 atom stereocenters. The van der Waals surface area contributed by atoms with Crippen LogP contribution in [0.1, 0.15) is 50.0 Å². The van der Waals surface area contributed by atoms with Crippen molar-refractivity contribution in [2.24, 2.45) is 0 Å². The fourth-order valence-electron chi connectivity index (χ4n) is 3.47. The number of hydrogen-bond acceptors (Lipinski definition) is 5. The summed E-state index contributed by atoms with van der Waals surface area (Å²) in [5.41, 5.74) is 1.68. The van der Waals surface area contributed by atoms with E-state index in [-0.39, 0.29) is 11.8 Å². The summed E-state index contributed by atoms with van der Waals surface area (Å²) in [7, 11) is 0. The van der Waals surface area contributed by atoms with E-state index in [4.69, 9.17) is 4.42 Å². The molecule has 0 aromatic carbocycles. The van der Waals surface area contributed by atoms with Crippen molar-refractivity contribution in [1.82, 2.24) is 14.8 Å². The molecule has 2 aromatic rings. The van der Waals surface area contributed by atoms with Crippen LogP contribution < -0.4 is 0 Å². The van der Waals surface area contributed by atoms with Crippen molar-refractivity contribution in [3.8, 4) is 0 Å². The van der Waals surface area contributed by atoms with Gasteiger partial charge < -0.3 is 14.2 Å². The monoisotopic (exact) mass is 359 g/mol. The smallest absolute Gasteiger partial charge is 0.282 e. The lowest BCUT2D eigenvalue weighted by Crippen LogP contribution is -2.37. The average molecular weight is 359 g/mol. The molecule has 0 unspecified atom stereocenters. The zero-order chi connectivity index (χ0) is 17.2. The van der Waals surface area contributed by atoms with Gasteiger partial charge in [0.05, 0.1) is 17.5 Å². The molecule has 1 saturated heterocycles. The first-order valence-electron chi connectivity index (χ1n) is 8.82. The number of carbonyl (C=O) groups excluding carboxylic acids is 2. The highest BCUT2D eigenvalue weighted by molar-refractivity contribution is 7.13. The maximum absolute atomic E-state index is 12.8. The number of aryl methyl sites for hydroxylation is 2. The van der Waals surface area contributed by atoms with Gasteiger partial charge in [-0.05, 0) is 38.2 Å². The van der Waals surface area contributed by atoms with Gasteiger partial charge in [-0.1, -0.05) is 0 Å². The molecule has 1 aliphatic carbocycles. The number of hydrogen-bond donors (Lipinski definition) is 0. The van der Waals surface area contributed by atoms with Crippen molar-refractivity contribution < 1.29 is 14.0 Å². The molecule has 1 aliphatic heterocycles. The first-order valence-corrected chi connectivity index (χ1v) is 9.63. The Morgan fingerprint density at radius 3 is 2.48 bits per heavy atom. The SMILES string of the molecule is O=C(c1ccoc1)N1CCCN(C(=O)c2nc3c(s2)CCCC3)CC1. The van der Waals surface area contributed by atoms with Crippen molar-refractivity contribution >= 4 is 23.2 Å². The van der Waals surface area contributed by atoms with E-state index >= 15 is 0 Å². The van der Waals surface area contributed by atoms with E-state index in [9.17, 15) is 9.59 Å². The molecule has 0 spiro atoms. The number of thiazole rings is 1. The van der Waals surface area contributed by atoms with E-state index in [0.29, 0.717) is 36.8 Å². The minimum atomic E-state index is -0.0345. The molecule has 2 amide bonds. The van der Waals surface area contributed by atoms with Gasteiger partial charge in [0.15, 0.2) is 5.01 Å². The number of rotatable bonds is 2. The van der Waals surface area contributed by atoms with E-state index in [0.717, 1.165) is 25.0 Å². The summed E-state index contributed by atoms with van der Waals surface area (Å²) in [4.78, 5) is 34.8. The summed E-state index contributed by atoms with van der Waals surface area (Å²) in [6.45, 7) is 2.41. The quantitative estimate of drug-likeness (QED) is 0.827. The highest BCUT2D eigenvalue weighted by Gasteiger charge is 2.27. The van der Waals surface area contributed by atoms with Gasteiger partial charge in [0.2, 0.25) is 0 Å². The summed E-state index contributed by atoms with van der Waals surface area (Å²) >= 11 is 1.55. The van der Waals surface area contributed by atoms with Gasteiger partial charge in [-0.2, -0.15) is 0 Å². The molecular weight excluding hydrogens is 338 g/mol. The fraction of sp³-hybridized carbons (Fsp3) is 0.500. The number of carbonyl (C=O) groups is 2. The summed E-state index contributed by atoms with van der Waals surface area (Å²) in [6.07, 6.45) is 8.15. The van der Waals surface area contributed by atoms with Gasteiger partial charge in [0.1, 0.15) is 6.26 Å². The Morgan fingerprint density at radius 1 is 1.00 bits per heavy atom. The van der Waals surface area contributed by atoms with Crippen LogP contribution in [0.25, 0.3) is 0 Å². The zero-order valence-corrected chi connectivity index (χ0v) is 14.9. The van der Waals surface area contributed by atoms with Crippen LogP contribution in [-0.4, -0.2) is 52.8 Å². The second-order valence-electron chi connectivity index (χ2n) is 6.55. The van der Waals surface area contributed by atoms with Gasteiger partial charge in [-0.25, -0.2) is 4.98 Å². The van der Waals surface area contributed by atoms with E-state index in [2.05, 4.69) is 4.98 Å². The molecule has 3 heterocycles. The lowest BCUT2D eigenvalue weighted by atomic mass is 10.0. The first-order chi connectivity index (χ1) is 12.2. The summed E-state index contributed by atoms with van der Waals surface area (Å²) in [5, 5.41) is 0.613. The van der Waals surface area contributed by atoms with Crippen molar-refractivity contribution in [2.75, 3.05) is 26.2 Å². The normalized spacial score (nSPS) is 17.9. The van der Waals surface area contributed by atoms with E-state index in [1.165, 1.54) is 30.2 Å². The van der Waals surface area contributed by atoms with Crippen LogP contribution in [0.2, 0.25) is 0 Å². The lowest BCUT2D eigenvalue weighted by molar-refractivity contribution is 0.0718. The van der Waals surface area contributed by atoms with E-state index < -0.39 is 0 Å². The number of aromatic nitrogens is 1. The van der Waals surface area contributed by atoms with Gasteiger partial charge in [-0.15, -0.1) is 11.3 Å². The Hall–Kier alpha value is -2.15. The topological polar surface area (TPSA) is 66.7 Å². The third-order valence-electron chi connectivity index (χ3n) is 4.87. The second-order valence-corrected chi connectivity index (χ2v) is 7.63. The summed E-state index contributed by atoms with van der Waals surface area (Å²) in [5.74, 6) is -0.0234. The summed E-state index contributed by atoms with van der Waals surface area (Å²) < 4.78 is 5.00. The number of fused-ring (bicyclic) bond motifs is 1. The fourth-order valence-corrected chi connectivity index (χ4v) is 4.59. The largest absolute Gasteiger partial charge is 0.472 e. The zero-order valence-electron chi connectivity index (χ0n) is 14.1. The molecule has 7 heteroatoms. The Kier molecular flexibility index (Phi) is 4.57. The van der Waals surface area contributed by atoms with Crippen molar-refractivity contribution in [3.63, 3.8) is 0 Å². The molecule has 0 bridgehead atoms. The molecule has 0 saturated carbocycles. The Balaban J connectivity index is 1.43. The van der Waals surface area contributed by atoms with Crippen molar-refractivity contribution in [3.05, 3.63) is 39.7 Å². The maximum Gasteiger partial charge on any atom is 0.282 e. The minimum absolute atomic E-state index is 0.0111. The predicted octanol–water partition coefficient (Wildman–Crippen LogP) is 2.60. The molecule has 0 N–H and O–H groups in total. The Labute approximate surface area is 150 Å². The molecule has 2 aliphatic rings. The molecule has 4 rings (SSSR count). The Morgan fingerprint density at radius 2 is 1.76 bits per heavy atom. The second kappa shape index (κ2) is 7.00. The lowest BCUT2D eigenvalue weighted by Gasteiger charge is -2.21. The van der Waals surface area contributed by atoms with Crippen LogP contribution in [0.5, 0.6) is 0 Å². The van der Waals surface area contributed by atoms with Crippen LogP contribution >= 0.6 is 11.3 Å². The maximum atomic E-state index is 12.8. The highest BCUT2D eigenvalue weighted by Crippen LogP contribution is 2.27. The van der Waals surface area contributed by atoms with Gasteiger partial charge in [-0.3, -0.25) is 9.59 Å². The number of nitrogens with zero attached hydrogens (tertiary/aromatic N) is 3. The van der Waals surface area contributed by atoms with E-state index in [1.807, 2.05) is 4.90 Å². The highest BCUT2D eigenvalue weighted by atomic mass is 32.1.